The summed E-state index contributed by atoms with van der Waals surface area (Å²) in [6, 6.07) is 9.93. The predicted molar refractivity (Wildman–Crippen MR) is 152 cm³/mol. The van der Waals surface area contributed by atoms with Crippen LogP contribution in [0.1, 0.15) is 116 Å². The molecule has 0 radical (unpaired) electrons. The van der Waals surface area contributed by atoms with Crippen molar-refractivity contribution in [1.82, 2.24) is 15.1 Å². The van der Waals surface area contributed by atoms with Crippen LogP contribution in [0.2, 0.25) is 0 Å². The van der Waals surface area contributed by atoms with Crippen LogP contribution in [-0.4, -0.2) is 49.6 Å². The second kappa shape index (κ2) is 20.3. The van der Waals surface area contributed by atoms with E-state index in [4.69, 9.17) is 0 Å². The van der Waals surface area contributed by atoms with Crippen molar-refractivity contribution in [2.75, 3.05) is 33.7 Å². The lowest BCUT2D eigenvalue weighted by molar-refractivity contribution is 0.226. The fourth-order valence-corrected chi connectivity index (χ4v) is 4.84. The zero-order valence-corrected chi connectivity index (χ0v) is 23.9. The molecule has 34 heavy (non-hydrogen) atoms. The zero-order valence-electron chi connectivity index (χ0n) is 23.9. The number of benzene rings is 1. The van der Waals surface area contributed by atoms with Crippen LogP contribution in [0.5, 0.6) is 0 Å². The third kappa shape index (κ3) is 15.9. The van der Waals surface area contributed by atoms with Gasteiger partial charge in [0.25, 0.3) is 0 Å². The summed E-state index contributed by atoms with van der Waals surface area (Å²) in [5.74, 6) is 0.807. The van der Waals surface area contributed by atoms with Crippen molar-refractivity contribution in [2.24, 2.45) is 5.92 Å². The first-order chi connectivity index (χ1) is 16.5. The Labute approximate surface area is 214 Å². The maximum atomic E-state index is 3.79. The van der Waals surface area contributed by atoms with Crippen molar-refractivity contribution < 1.29 is 0 Å². The predicted octanol–water partition coefficient (Wildman–Crippen LogP) is 7.89. The van der Waals surface area contributed by atoms with Gasteiger partial charge in [-0.15, -0.1) is 0 Å². The lowest BCUT2D eigenvalue weighted by atomic mass is 10.0. The first-order valence-electron chi connectivity index (χ1n) is 14.7. The fourth-order valence-electron chi connectivity index (χ4n) is 4.84. The monoisotopic (exact) mass is 473 g/mol. The van der Waals surface area contributed by atoms with Gasteiger partial charge in [0.2, 0.25) is 0 Å². The van der Waals surface area contributed by atoms with Gasteiger partial charge in [-0.25, -0.2) is 0 Å². The minimum Gasteiger partial charge on any atom is -0.310 e. The number of hydrogen-bond donors (Lipinski definition) is 1. The van der Waals surface area contributed by atoms with Crippen molar-refractivity contribution in [3.63, 3.8) is 0 Å². The van der Waals surface area contributed by atoms with Crippen molar-refractivity contribution in [1.29, 1.82) is 0 Å². The average molecular weight is 474 g/mol. The summed E-state index contributed by atoms with van der Waals surface area (Å²) in [6.45, 7) is 14.8. The fraction of sp³-hybridized carbons (Fsp3) is 0.806. The molecule has 3 heteroatoms. The highest BCUT2D eigenvalue weighted by molar-refractivity contribution is 5.22. The van der Waals surface area contributed by atoms with Gasteiger partial charge < -0.3 is 15.1 Å². The van der Waals surface area contributed by atoms with E-state index in [9.17, 15) is 0 Å². The quantitative estimate of drug-likeness (QED) is 0.173. The lowest BCUT2D eigenvalue weighted by Gasteiger charge is -2.24. The summed E-state index contributed by atoms with van der Waals surface area (Å²) in [5.41, 5.74) is 2.82. The van der Waals surface area contributed by atoms with Crippen LogP contribution < -0.4 is 5.32 Å². The van der Waals surface area contributed by atoms with Gasteiger partial charge >= 0.3 is 0 Å². The standard InChI is InChI=1S/C31H59N3/c1-7-10-12-14-16-18-31(9-3)32-25-29-19-21-30(22-20-29)27-34(6)24-23-33(5)26-28(4)17-15-13-11-8-2/h19-22,28,31-32H,7-18,23-27H2,1-6H3. The van der Waals surface area contributed by atoms with Gasteiger partial charge in [-0.1, -0.05) is 110 Å². The smallest absolute Gasteiger partial charge is 0.0231 e. The molecule has 0 bridgehead atoms. The molecule has 198 valence electrons. The van der Waals surface area contributed by atoms with E-state index in [1.165, 1.54) is 94.7 Å². The highest BCUT2D eigenvalue weighted by atomic mass is 15.2. The molecular formula is C31H59N3. The first-order valence-corrected chi connectivity index (χ1v) is 14.7. The molecule has 1 N–H and O–H groups in total. The largest absolute Gasteiger partial charge is 0.310 e. The highest BCUT2D eigenvalue weighted by Gasteiger charge is 2.09. The average Bonchev–Trinajstić information content (AvgIpc) is 2.83. The van der Waals surface area contributed by atoms with Crippen molar-refractivity contribution in [2.45, 2.75) is 124 Å². The van der Waals surface area contributed by atoms with Crippen molar-refractivity contribution in [3.05, 3.63) is 35.4 Å². The summed E-state index contributed by atoms with van der Waals surface area (Å²) < 4.78 is 0. The maximum Gasteiger partial charge on any atom is 0.0231 e. The third-order valence-electron chi connectivity index (χ3n) is 7.26. The van der Waals surface area contributed by atoms with E-state index in [0.717, 1.165) is 32.1 Å². The van der Waals surface area contributed by atoms with E-state index in [1.807, 2.05) is 0 Å². The van der Waals surface area contributed by atoms with E-state index < -0.39 is 0 Å². The van der Waals surface area contributed by atoms with Crippen LogP contribution in [-0.2, 0) is 13.1 Å². The van der Waals surface area contributed by atoms with Gasteiger partial charge in [0, 0.05) is 38.8 Å². The van der Waals surface area contributed by atoms with Crippen molar-refractivity contribution in [3.8, 4) is 0 Å². The molecule has 0 aromatic heterocycles. The number of likely N-dealkylation sites (N-methyl/N-ethyl adjacent to an activating group) is 2. The van der Waals surface area contributed by atoms with Gasteiger partial charge in [0.15, 0.2) is 0 Å². The van der Waals surface area contributed by atoms with Gasteiger partial charge in [-0.05, 0) is 50.4 Å². The summed E-state index contributed by atoms with van der Waals surface area (Å²) in [4.78, 5) is 4.98. The Morgan fingerprint density at radius 2 is 1.26 bits per heavy atom. The molecule has 0 aliphatic heterocycles. The summed E-state index contributed by atoms with van der Waals surface area (Å²) in [6.07, 6.45) is 16.3. The molecule has 2 atom stereocenters. The first kappa shape index (κ1) is 31.1. The third-order valence-corrected chi connectivity index (χ3v) is 7.26. The molecule has 2 unspecified atom stereocenters. The highest BCUT2D eigenvalue weighted by Crippen LogP contribution is 2.13. The molecule has 0 amide bonds. The number of rotatable bonds is 22. The molecule has 0 spiro atoms. The van der Waals surface area contributed by atoms with Crippen LogP contribution in [0.4, 0.5) is 0 Å². The topological polar surface area (TPSA) is 18.5 Å². The summed E-state index contributed by atoms with van der Waals surface area (Å²) in [5, 5.41) is 3.79. The lowest BCUT2D eigenvalue weighted by Crippen LogP contribution is -2.33. The van der Waals surface area contributed by atoms with Gasteiger partial charge in [-0.2, -0.15) is 0 Å². The van der Waals surface area contributed by atoms with Crippen LogP contribution in [0.25, 0.3) is 0 Å². The Bertz CT molecular complexity index is 571. The molecule has 1 rings (SSSR count). The molecule has 0 saturated carbocycles. The summed E-state index contributed by atoms with van der Waals surface area (Å²) in [7, 11) is 4.54. The molecule has 0 fully saturated rings. The summed E-state index contributed by atoms with van der Waals surface area (Å²) >= 11 is 0. The minimum atomic E-state index is 0.656. The van der Waals surface area contributed by atoms with Gasteiger partial charge in [0.1, 0.15) is 0 Å². The van der Waals surface area contributed by atoms with E-state index in [1.54, 1.807) is 0 Å². The van der Waals surface area contributed by atoms with E-state index in [2.05, 4.69) is 81.2 Å². The SMILES string of the molecule is CCCCCCCC(CC)NCc1ccc(CN(C)CCN(C)CC(C)CCCCCC)cc1. The van der Waals surface area contributed by atoms with Crippen LogP contribution >= 0.6 is 0 Å². The molecule has 0 aliphatic rings. The number of nitrogens with zero attached hydrogens (tertiary/aromatic N) is 2. The second-order valence-corrected chi connectivity index (χ2v) is 11.0. The molecule has 0 heterocycles. The van der Waals surface area contributed by atoms with Crippen molar-refractivity contribution >= 4 is 0 Å². The molecule has 0 aliphatic carbocycles. The molecule has 1 aromatic rings. The Kier molecular flexibility index (Phi) is 18.6. The zero-order chi connectivity index (χ0) is 25.0. The Morgan fingerprint density at radius 3 is 1.91 bits per heavy atom. The van der Waals surface area contributed by atoms with E-state index in [0.29, 0.717) is 6.04 Å². The maximum absolute atomic E-state index is 3.79. The molecule has 0 saturated heterocycles. The number of hydrogen-bond acceptors (Lipinski definition) is 3. The normalized spacial score (nSPS) is 13.6. The van der Waals surface area contributed by atoms with Crippen LogP contribution in [0.3, 0.4) is 0 Å². The Hall–Kier alpha value is -0.900. The molecule has 1 aromatic carbocycles. The van der Waals surface area contributed by atoms with Gasteiger partial charge in [-0.3, -0.25) is 0 Å². The number of nitrogens with one attached hydrogen (secondary N) is 1. The van der Waals surface area contributed by atoms with Gasteiger partial charge in [0.05, 0.1) is 0 Å². The Balaban J connectivity index is 2.25. The van der Waals surface area contributed by atoms with Crippen LogP contribution in [0, 0.1) is 5.92 Å². The number of unbranched alkanes of at least 4 members (excludes halogenated alkanes) is 7. The van der Waals surface area contributed by atoms with Crippen LogP contribution in [0.15, 0.2) is 24.3 Å². The minimum absolute atomic E-state index is 0.656. The Morgan fingerprint density at radius 1 is 0.706 bits per heavy atom. The van der Waals surface area contributed by atoms with E-state index >= 15 is 0 Å². The second-order valence-electron chi connectivity index (χ2n) is 11.0. The van der Waals surface area contributed by atoms with E-state index in [-0.39, 0.29) is 0 Å². The molecular weight excluding hydrogens is 414 g/mol. The molecule has 3 nitrogen and oxygen atoms in total.